The summed E-state index contributed by atoms with van der Waals surface area (Å²) < 4.78 is 10.9. The summed E-state index contributed by atoms with van der Waals surface area (Å²) in [6, 6.07) is 0. The van der Waals surface area contributed by atoms with Crippen molar-refractivity contribution in [3.05, 3.63) is 21.7 Å². The van der Waals surface area contributed by atoms with Crippen LogP contribution in [0.15, 0.2) is 9.32 Å². The van der Waals surface area contributed by atoms with Crippen molar-refractivity contribution >= 4 is 5.97 Å². The summed E-state index contributed by atoms with van der Waals surface area (Å²) in [5, 5.41) is 0. The van der Waals surface area contributed by atoms with E-state index in [1.165, 1.54) is 7.05 Å². The zero-order chi connectivity index (χ0) is 10.7. The van der Waals surface area contributed by atoms with Gasteiger partial charge in [0.25, 0.3) is 5.56 Å². The van der Waals surface area contributed by atoms with E-state index in [0.717, 1.165) is 4.74 Å². The fourth-order valence-electron chi connectivity index (χ4n) is 1.17. The van der Waals surface area contributed by atoms with E-state index in [2.05, 4.69) is 0 Å². The van der Waals surface area contributed by atoms with Crippen LogP contribution < -0.4 is 5.56 Å². The molecule has 0 aromatic carbocycles. The predicted molar refractivity (Wildman–Crippen MR) is 49.3 cm³/mol. The van der Waals surface area contributed by atoms with E-state index >= 15 is 0 Å². The maximum Gasteiger partial charge on any atom is 0.347 e. The number of carbonyl (C=O) groups excluding carboxylic acids is 1. The minimum Gasteiger partial charge on any atom is -0.462 e. The van der Waals surface area contributed by atoms with Crippen molar-refractivity contribution in [3.8, 4) is 0 Å². The lowest BCUT2D eigenvalue weighted by Crippen LogP contribution is -2.20. The van der Waals surface area contributed by atoms with Crippen LogP contribution in [0.1, 0.15) is 30.0 Å². The Morgan fingerprint density at radius 2 is 2.14 bits per heavy atom. The Labute approximate surface area is 81.2 Å². The molecule has 1 heterocycles. The molecule has 5 heteroatoms. The smallest absolute Gasteiger partial charge is 0.347 e. The van der Waals surface area contributed by atoms with Gasteiger partial charge >= 0.3 is 5.97 Å². The van der Waals surface area contributed by atoms with Gasteiger partial charge in [-0.3, -0.25) is 4.79 Å². The standard InChI is InChI=1S/C9H13NO4/c1-4-6-7(9(12)13-5-2)8(11)10(3)14-6/h4-5H2,1-3H3. The van der Waals surface area contributed by atoms with Crippen LogP contribution in [-0.4, -0.2) is 17.3 Å². The molecule has 1 aromatic rings. The Morgan fingerprint density at radius 1 is 1.50 bits per heavy atom. The van der Waals surface area contributed by atoms with Gasteiger partial charge in [0, 0.05) is 13.5 Å². The number of hydrogen-bond acceptors (Lipinski definition) is 4. The first-order chi connectivity index (χ1) is 6.61. The first kappa shape index (κ1) is 10.6. The number of hydrogen-bond donors (Lipinski definition) is 0. The van der Waals surface area contributed by atoms with Gasteiger partial charge in [-0.25, -0.2) is 4.79 Å². The van der Waals surface area contributed by atoms with Crippen molar-refractivity contribution in [2.45, 2.75) is 20.3 Å². The highest BCUT2D eigenvalue weighted by atomic mass is 16.5. The van der Waals surface area contributed by atoms with Gasteiger partial charge in [-0.15, -0.1) is 0 Å². The second-order valence-electron chi connectivity index (χ2n) is 2.77. The topological polar surface area (TPSA) is 61.4 Å². The third-order valence-corrected chi connectivity index (χ3v) is 1.83. The fraction of sp³-hybridized carbons (Fsp3) is 0.556. The van der Waals surface area contributed by atoms with Crippen LogP contribution in [0.25, 0.3) is 0 Å². The van der Waals surface area contributed by atoms with E-state index in [0.29, 0.717) is 12.2 Å². The number of rotatable bonds is 3. The molecule has 0 radical (unpaired) electrons. The van der Waals surface area contributed by atoms with Gasteiger partial charge in [-0.2, -0.15) is 4.74 Å². The molecular weight excluding hydrogens is 186 g/mol. The Balaban J connectivity index is 3.17. The number of carbonyl (C=O) groups is 1. The van der Waals surface area contributed by atoms with Crippen LogP contribution >= 0.6 is 0 Å². The molecule has 0 aliphatic rings. The number of ether oxygens (including phenoxy) is 1. The van der Waals surface area contributed by atoms with Gasteiger partial charge in [0.1, 0.15) is 0 Å². The van der Waals surface area contributed by atoms with Gasteiger partial charge in [0.2, 0.25) is 0 Å². The molecule has 0 bridgehead atoms. The Bertz CT molecular complexity index is 388. The van der Waals surface area contributed by atoms with Gasteiger partial charge in [-0.1, -0.05) is 6.92 Å². The van der Waals surface area contributed by atoms with E-state index in [9.17, 15) is 9.59 Å². The molecule has 0 aliphatic carbocycles. The SMILES string of the molecule is CCOC(=O)c1c(CC)on(C)c1=O. The Hall–Kier alpha value is -1.52. The molecular formula is C9H13NO4. The molecule has 0 unspecified atom stereocenters. The van der Waals surface area contributed by atoms with Crippen LogP contribution in [0.5, 0.6) is 0 Å². The molecule has 14 heavy (non-hydrogen) atoms. The minimum absolute atomic E-state index is 0.0110. The summed E-state index contributed by atoms with van der Waals surface area (Å²) in [5.41, 5.74) is -0.433. The van der Waals surface area contributed by atoms with Gasteiger partial charge in [0.05, 0.1) is 6.61 Å². The molecule has 1 aromatic heterocycles. The molecule has 0 aliphatic heterocycles. The molecule has 5 nitrogen and oxygen atoms in total. The average molecular weight is 199 g/mol. The van der Waals surface area contributed by atoms with Crippen molar-refractivity contribution in [1.29, 1.82) is 0 Å². The van der Waals surface area contributed by atoms with Crippen LogP contribution in [0.2, 0.25) is 0 Å². The zero-order valence-electron chi connectivity index (χ0n) is 8.49. The summed E-state index contributed by atoms with van der Waals surface area (Å²) >= 11 is 0. The molecule has 0 N–H and O–H groups in total. The molecule has 1 rings (SSSR count). The third-order valence-electron chi connectivity index (χ3n) is 1.83. The monoisotopic (exact) mass is 199 g/mol. The van der Waals surface area contributed by atoms with Crippen molar-refractivity contribution in [2.24, 2.45) is 7.05 Å². The number of aromatic nitrogens is 1. The highest BCUT2D eigenvalue weighted by Crippen LogP contribution is 2.07. The quantitative estimate of drug-likeness (QED) is 0.673. The van der Waals surface area contributed by atoms with Crippen molar-refractivity contribution in [1.82, 2.24) is 4.74 Å². The second-order valence-corrected chi connectivity index (χ2v) is 2.77. The second kappa shape index (κ2) is 4.13. The number of aryl methyl sites for hydroxylation is 2. The summed E-state index contributed by atoms with van der Waals surface area (Å²) in [4.78, 5) is 22.8. The molecule has 0 fully saturated rings. The molecule has 0 saturated heterocycles. The van der Waals surface area contributed by atoms with Crippen LogP contribution in [0.3, 0.4) is 0 Å². The summed E-state index contributed by atoms with van der Waals surface area (Å²) in [5.74, 6) is -0.241. The normalized spacial score (nSPS) is 10.2. The van der Waals surface area contributed by atoms with Crippen LogP contribution in [0.4, 0.5) is 0 Å². The lowest BCUT2D eigenvalue weighted by atomic mass is 10.2. The highest BCUT2D eigenvalue weighted by molar-refractivity contribution is 5.90. The van der Waals surface area contributed by atoms with E-state index < -0.39 is 11.5 Å². The zero-order valence-corrected chi connectivity index (χ0v) is 8.49. The highest BCUT2D eigenvalue weighted by Gasteiger charge is 2.22. The molecule has 78 valence electrons. The van der Waals surface area contributed by atoms with Gasteiger partial charge in [-0.05, 0) is 6.92 Å². The van der Waals surface area contributed by atoms with E-state index in [1.807, 2.05) is 0 Å². The summed E-state index contributed by atoms with van der Waals surface area (Å²) in [6.45, 7) is 3.74. The van der Waals surface area contributed by atoms with E-state index in [4.69, 9.17) is 9.26 Å². The number of nitrogens with zero attached hydrogens (tertiary/aromatic N) is 1. The van der Waals surface area contributed by atoms with E-state index in [-0.39, 0.29) is 12.2 Å². The number of esters is 1. The predicted octanol–water partition coefficient (Wildman–Crippen LogP) is 0.717. The van der Waals surface area contributed by atoms with Crippen molar-refractivity contribution < 1.29 is 14.1 Å². The lowest BCUT2D eigenvalue weighted by molar-refractivity contribution is 0.0522. The van der Waals surface area contributed by atoms with Crippen molar-refractivity contribution in [2.75, 3.05) is 6.61 Å². The van der Waals surface area contributed by atoms with E-state index in [1.54, 1.807) is 13.8 Å². The maximum absolute atomic E-state index is 11.4. The Kier molecular flexibility index (Phi) is 3.11. The molecule has 0 spiro atoms. The Morgan fingerprint density at radius 3 is 2.64 bits per heavy atom. The van der Waals surface area contributed by atoms with Crippen LogP contribution in [0, 0.1) is 0 Å². The first-order valence-electron chi connectivity index (χ1n) is 4.48. The molecule has 0 atom stereocenters. The minimum atomic E-state index is -0.612. The first-order valence-corrected chi connectivity index (χ1v) is 4.48. The molecule has 0 saturated carbocycles. The summed E-state index contributed by atoms with van der Waals surface area (Å²) in [6.07, 6.45) is 0.490. The van der Waals surface area contributed by atoms with Gasteiger partial charge in [0.15, 0.2) is 11.3 Å². The maximum atomic E-state index is 11.4. The average Bonchev–Trinajstić information content (AvgIpc) is 2.43. The fourth-order valence-corrected chi connectivity index (χ4v) is 1.17. The third kappa shape index (κ3) is 1.71. The lowest BCUT2D eigenvalue weighted by Gasteiger charge is -1.97. The van der Waals surface area contributed by atoms with Gasteiger partial charge < -0.3 is 9.26 Å². The van der Waals surface area contributed by atoms with Crippen LogP contribution in [-0.2, 0) is 18.2 Å². The summed E-state index contributed by atoms with van der Waals surface area (Å²) in [7, 11) is 1.46. The van der Waals surface area contributed by atoms with Crippen molar-refractivity contribution in [3.63, 3.8) is 0 Å². The molecule has 0 amide bonds. The largest absolute Gasteiger partial charge is 0.462 e.